The molecular formula is C10H10ClNOS. The summed E-state index contributed by atoms with van der Waals surface area (Å²) in [7, 11) is 0. The lowest BCUT2D eigenvalue weighted by atomic mass is 10.2. The molecule has 1 aliphatic rings. The number of benzene rings is 1. The minimum Gasteiger partial charge on any atom is -0.328 e. The molecule has 1 fully saturated rings. The van der Waals surface area contributed by atoms with Crippen molar-refractivity contribution < 1.29 is 4.79 Å². The number of hydrogen-bond donors (Lipinski definition) is 0. The smallest absolute Gasteiger partial charge is 0.282 e. The van der Waals surface area contributed by atoms with Crippen molar-refractivity contribution in [1.82, 2.24) is 4.90 Å². The number of rotatable bonds is 2. The second kappa shape index (κ2) is 4.24. The average Bonchev–Trinajstić information content (AvgIpc) is 2.56. The van der Waals surface area contributed by atoms with E-state index in [1.165, 1.54) is 11.8 Å². The van der Waals surface area contributed by atoms with E-state index in [2.05, 4.69) is 0 Å². The zero-order chi connectivity index (χ0) is 9.97. The maximum absolute atomic E-state index is 11.3. The van der Waals surface area contributed by atoms with Gasteiger partial charge in [0.1, 0.15) is 0 Å². The zero-order valence-corrected chi connectivity index (χ0v) is 9.14. The second-order valence-corrected chi connectivity index (χ2v) is 4.58. The van der Waals surface area contributed by atoms with Crippen LogP contribution >= 0.6 is 23.4 Å². The molecule has 0 spiro atoms. The van der Waals surface area contributed by atoms with Gasteiger partial charge in [0, 0.05) is 23.9 Å². The molecule has 0 atom stereocenters. The lowest BCUT2D eigenvalue weighted by Crippen LogP contribution is -2.22. The summed E-state index contributed by atoms with van der Waals surface area (Å²) in [6, 6.07) is 7.64. The van der Waals surface area contributed by atoms with Gasteiger partial charge in [0.2, 0.25) is 0 Å². The van der Waals surface area contributed by atoms with Crippen LogP contribution in [0.15, 0.2) is 24.3 Å². The number of hydrogen-bond acceptors (Lipinski definition) is 2. The van der Waals surface area contributed by atoms with Crippen LogP contribution < -0.4 is 0 Å². The third-order valence-electron chi connectivity index (χ3n) is 2.16. The van der Waals surface area contributed by atoms with Gasteiger partial charge in [-0.2, -0.15) is 0 Å². The highest BCUT2D eigenvalue weighted by atomic mass is 35.5. The summed E-state index contributed by atoms with van der Waals surface area (Å²) in [5, 5.41) is 0.891. The summed E-state index contributed by atoms with van der Waals surface area (Å²) in [4.78, 5) is 13.2. The molecule has 1 aromatic carbocycles. The van der Waals surface area contributed by atoms with Gasteiger partial charge in [-0.1, -0.05) is 41.6 Å². The van der Waals surface area contributed by atoms with Crippen LogP contribution in [-0.2, 0) is 6.54 Å². The standard InChI is InChI=1S/C10H10ClNOS/c11-9-4-2-1-3-8(9)7-12-5-6-14-10(12)13/h1-4H,5-7H2. The minimum absolute atomic E-state index is 0.157. The van der Waals surface area contributed by atoms with Crippen molar-refractivity contribution >= 4 is 28.6 Å². The Morgan fingerprint density at radius 3 is 2.86 bits per heavy atom. The first-order valence-corrected chi connectivity index (χ1v) is 5.79. The first-order valence-electron chi connectivity index (χ1n) is 4.42. The second-order valence-electron chi connectivity index (χ2n) is 3.13. The molecule has 0 N–H and O–H groups in total. The van der Waals surface area contributed by atoms with E-state index in [1.54, 1.807) is 0 Å². The molecule has 2 nitrogen and oxygen atoms in total. The predicted molar refractivity (Wildman–Crippen MR) is 59.7 cm³/mol. The highest BCUT2D eigenvalue weighted by Crippen LogP contribution is 2.23. The van der Waals surface area contributed by atoms with Crippen molar-refractivity contribution in [1.29, 1.82) is 0 Å². The Labute approximate surface area is 92.2 Å². The minimum atomic E-state index is 0.157. The Kier molecular flexibility index (Phi) is 2.99. The Bertz CT molecular complexity index is 356. The van der Waals surface area contributed by atoms with Gasteiger partial charge in [0.05, 0.1) is 0 Å². The molecular weight excluding hydrogens is 218 g/mol. The van der Waals surface area contributed by atoms with Gasteiger partial charge in [-0.15, -0.1) is 0 Å². The first-order chi connectivity index (χ1) is 6.77. The Balaban J connectivity index is 2.10. The number of amides is 1. The summed E-state index contributed by atoms with van der Waals surface area (Å²) >= 11 is 7.38. The molecule has 1 aromatic rings. The van der Waals surface area contributed by atoms with Crippen LogP contribution in [0, 0.1) is 0 Å². The number of thioether (sulfide) groups is 1. The lowest BCUT2D eigenvalue weighted by Gasteiger charge is -2.15. The van der Waals surface area contributed by atoms with Gasteiger partial charge in [-0.05, 0) is 11.6 Å². The third-order valence-corrected chi connectivity index (χ3v) is 3.42. The molecule has 1 amide bonds. The average molecular weight is 228 g/mol. The van der Waals surface area contributed by atoms with Crippen molar-refractivity contribution in [2.24, 2.45) is 0 Å². The van der Waals surface area contributed by atoms with E-state index in [1.807, 2.05) is 29.2 Å². The monoisotopic (exact) mass is 227 g/mol. The highest BCUT2D eigenvalue weighted by Gasteiger charge is 2.21. The lowest BCUT2D eigenvalue weighted by molar-refractivity contribution is 0.228. The molecule has 14 heavy (non-hydrogen) atoms. The molecule has 0 unspecified atom stereocenters. The summed E-state index contributed by atoms with van der Waals surface area (Å²) < 4.78 is 0. The van der Waals surface area contributed by atoms with Gasteiger partial charge in [-0.25, -0.2) is 0 Å². The maximum atomic E-state index is 11.3. The van der Waals surface area contributed by atoms with Crippen LogP contribution in [0.1, 0.15) is 5.56 Å². The van der Waals surface area contributed by atoms with Crippen molar-refractivity contribution in [3.05, 3.63) is 34.9 Å². The van der Waals surface area contributed by atoms with Gasteiger partial charge in [0.25, 0.3) is 5.24 Å². The molecule has 0 aromatic heterocycles. The molecule has 74 valence electrons. The van der Waals surface area contributed by atoms with E-state index in [9.17, 15) is 4.79 Å². The maximum Gasteiger partial charge on any atom is 0.282 e. The Morgan fingerprint density at radius 1 is 1.43 bits per heavy atom. The molecule has 1 heterocycles. The van der Waals surface area contributed by atoms with Crippen LogP contribution in [0.4, 0.5) is 4.79 Å². The molecule has 1 aliphatic heterocycles. The zero-order valence-electron chi connectivity index (χ0n) is 7.57. The topological polar surface area (TPSA) is 20.3 Å². The number of carbonyl (C=O) groups excluding carboxylic acids is 1. The van der Waals surface area contributed by atoms with Gasteiger partial charge >= 0.3 is 0 Å². The van der Waals surface area contributed by atoms with Crippen molar-refractivity contribution in [3.8, 4) is 0 Å². The summed E-state index contributed by atoms with van der Waals surface area (Å²) in [5.74, 6) is 0.892. The van der Waals surface area contributed by atoms with Crippen LogP contribution in [0.3, 0.4) is 0 Å². The predicted octanol–water partition coefficient (Wildman–Crippen LogP) is 3.01. The normalized spacial score (nSPS) is 16.4. The van der Waals surface area contributed by atoms with E-state index in [0.717, 1.165) is 22.9 Å². The van der Waals surface area contributed by atoms with Crippen molar-refractivity contribution in [2.45, 2.75) is 6.54 Å². The fraction of sp³-hybridized carbons (Fsp3) is 0.300. The van der Waals surface area contributed by atoms with Gasteiger partial charge in [0.15, 0.2) is 0 Å². The fourth-order valence-corrected chi connectivity index (χ4v) is 2.42. The number of nitrogens with zero attached hydrogens (tertiary/aromatic N) is 1. The Hall–Kier alpha value is -0.670. The SMILES string of the molecule is O=C1SCCN1Cc1ccccc1Cl. The van der Waals surface area contributed by atoms with Crippen LogP contribution in [0.25, 0.3) is 0 Å². The fourth-order valence-electron chi connectivity index (χ4n) is 1.40. The van der Waals surface area contributed by atoms with Crippen LogP contribution in [-0.4, -0.2) is 22.4 Å². The van der Waals surface area contributed by atoms with Gasteiger partial charge < -0.3 is 4.90 Å². The molecule has 0 radical (unpaired) electrons. The van der Waals surface area contributed by atoms with Crippen LogP contribution in [0.2, 0.25) is 5.02 Å². The number of halogens is 1. The number of carbonyl (C=O) groups is 1. The largest absolute Gasteiger partial charge is 0.328 e. The van der Waals surface area contributed by atoms with Crippen molar-refractivity contribution in [2.75, 3.05) is 12.3 Å². The quantitative estimate of drug-likeness (QED) is 0.774. The molecule has 1 saturated heterocycles. The molecule has 4 heteroatoms. The van der Waals surface area contributed by atoms with E-state index in [4.69, 9.17) is 11.6 Å². The molecule has 0 saturated carbocycles. The molecule has 0 bridgehead atoms. The van der Waals surface area contributed by atoms with E-state index in [-0.39, 0.29) is 5.24 Å². The van der Waals surface area contributed by atoms with E-state index < -0.39 is 0 Å². The Morgan fingerprint density at radius 2 is 2.21 bits per heavy atom. The van der Waals surface area contributed by atoms with E-state index in [0.29, 0.717) is 6.54 Å². The highest BCUT2D eigenvalue weighted by molar-refractivity contribution is 8.13. The third kappa shape index (κ3) is 2.04. The van der Waals surface area contributed by atoms with Crippen LogP contribution in [0.5, 0.6) is 0 Å². The molecule has 2 rings (SSSR count). The summed E-state index contributed by atoms with van der Waals surface area (Å²) in [6.07, 6.45) is 0. The van der Waals surface area contributed by atoms with Gasteiger partial charge in [-0.3, -0.25) is 4.79 Å². The van der Waals surface area contributed by atoms with Crippen molar-refractivity contribution in [3.63, 3.8) is 0 Å². The molecule has 0 aliphatic carbocycles. The summed E-state index contributed by atoms with van der Waals surface area (Å²) in [6.45, 7) is 1.46. The summed E-state index contributed by atoms with van der Waals surface area (Å²) in [5.41, 5.74) is 1.02. The first kappa shape index (κ1) is 9.87. The van der Waals surface area contributed by atoms with E-state index >= 15 is 0 Å².